The fourth-order valence-electron chi connectivity index (χ4n) is 2.59. The predicted octanol–water partition coefficient (Wildman–Crippen LogP) is 3.39. The van der Waals surface area contributed by atoms with Crippen LogP contribution in [0.15, 0.2) is 66.4 Å². The first-order valence-electron chi connectivity index (χ1n) is 7.51. The molecule has 5 nitrogen and oxygen atoms in total. The summed E-state index contributed by atoms with van der Waals surface area (Å²) in [6.45, 7) is 0.473. The number of nitrogens with zero attached hydrogens (tertiary/aromatic N) is 3. The fraction of sp³-hybridized carbons (Fsp3) is 0.0556. The smallest absolute Gasteiger partial charge is 0.272 e. The predicted molar refractivity (Wildman–Crippen MR) is 93.9 cm³/mol. The third-order valence-corrected chi connectivity index (χ3v) is 4.48. The SMILES string of the molecule is O=C(NCc1ccccc1)c1nc2sccn2c1-c1ccncc1. The number of benzene rings is 1. The molecule has 0 saturated carbocycles. The molecule has 0 unspecified atom stereocenters. The molecule has 0 aliphatic heterocycles. The van der Waals surface area contributed by atoms with Gasteiger partial charge in [0, 0.05) is 36.1 Å². The molecule has 4 rings (SSSR count). The molecule has 1 amide bonds. The Labute approximate surface area is 142 Å². The summed E-state index contributed by atoms with van der Waals surface area (Å²) in [5.74, 6) is -0.179. The quantitative estimate of drug-likeness (QED) is 0.622. The number of nitrogens with one attached hydrogen (secondary N) is 1. The largest absolute Gasteiger partial charge is 0.347 e. The average molecular weight is 334 g/mol. The first-order valence-corrected chi connectivity index (χ1v) is 8.39. The second kappa shape index (κ2) is 6.25. The summed E-state index contributed by atoms with van der Waals surface area (Å²) in [6.07, 6.45) is 5.36. The van der Waals surface area contributed by atoms with Gasteiger partial charge < -0.3 is 5.32 Å². The molecule has 0 spiro atoms. The number of carbonyl (C=O) groups excluding carboxylic acids is 1. The van der Waals surface area contributed by atoms with E-state index in [1.807, 2.05) is 58.4 Å². The van der Waals surface area contributed by atoms with Crippen molar-refractivity contribution in [3.05, 3.63) is 77.7 Å². The molecule has 0 saturated heterocycles. The van der Waals surface area contributed by atoms with Crippen LogP contribution < -0.4 is 5.32 Å². The van der Waals surface area contributed by atoms with Crippen LogP contribution in [0.3, 0.4) is 0 Å². The second-order valence-electron chi connectivity index (χ2n) is 5.27. The van der Waals surface area contributed by atoms with Crippen LogP contribution in [0.1, 0.15) is 16.1 Å². The Kier molecular flexibility index (Phi) is 3.80. The maximum atomic E-state index is 12.7. The highest BCUT2D eigenvalue weighted by Crippen LogP contribution is 2.27. The van der Waals surface area contributed by atoms with Gasteiger partial charge in [0.15, 0.2) is 10.7 Å². The molecule has 0 aliphatic carbocycles. The van der Waals surface area contributed by atoms with Crippen LogP contribution >= 0.6 is 11.3 Å². The zero-order chi connectivity index (χ0) is 16.4. The lowest BCUT2D eigenvalue weighted by Crippen LogP contribution is -2.23. The van der Waals surface area contributed by atoms with E-state index in [1.165, 1.54) is 11.3 Å². The van der Waals surface area contributed by atoms with Gasteiger partial charge in [-0.25, -0.2) is 4.98 Å². The number of aromatic nitrogens is 3. The first-order chi connectivity index (χ1) is 11.8. The van der Waals surface area contributed by atoms with Gasteiger partial charge in [-0.2, -0.15) is 0 Å². The van der Waals surface area contributed by atoms with E-state index in [9.17, 15) is 4.79 Å². The van der Waals surface area contributed by atoms with Gasteiger partial charge >= 0.3 is 0 Å². The van der Waals surface area contributed by atoms with Crippen molar-refractivity contribution in [2.75, 3.05) is 0 Å². The Bertz CT molecular complexity index is 976. The van der Waals surface area contributed by atoms with Crippen molar-refractivity contribution in [3.63, 3.8) is 0 Å². The maximum absolute atomic E-state index is 12.7. The number of imidazole rings is 1. The lowest BCUT2D eigenvalue weighted by Gasteiger charge is -2.06. The van der Waals surface area contributed by atoms with Gasteiger partial charge in [-0.15, -0.1) is 11.3 Å². The lowest BCUT2D eigenvalue weighted by atomic mass is 10.1. The summed E-state index contributed by atoms with van der Waals surface area (Å²) in [5.41, 5.74) is 3.20. The minimum Gasteiger partial charge on any atom is -0.347 e. The van der Waals surface area contributed by atoms with Crippen LogP contribution in [-0.4, -0.2) is 20.3 Å². The van der Waals surface area contributed by atoms with Crippen molar-refractivity contribution >= 4 is 22.2 Å². The monoisotopic (exact) mass is 334 g/mol. The number of rotatable bonds is 4. The molecule has 0 atom stereocenters. The maximum Gasteiger partial charge on any atom is 0.272 e. The van der Waals surface area contributed by atoms with Gasteiger partial charge in [-0.05, 0) is 17.7 Å². The molecule has 3 heterocycles. The van der Waals surface area contributed by atoms with E-state index >= 15 is 0 Å². The molecule has 1 N–H and O–H groups in total. The molecule has 0 radical (unpaired) electrons. The lowest BCUT2D eigenvalue weighted by molar-refractivity contribution is 0.0947. The number of hydrogen-bond donors (Lipinski definition) is 1. The molecule has 1 aromatic carbocycles. The van der Waals surface area contributed by atoms with E-state index in [-0.39, 0.29) is 5.91 Å². The number of hydrogen-bond acceptors (Lipinski definition) is 4. The molecule has 4 aromatic rings. The van der Waals surface area contributed by atoms with Crippen LogP contribution in [0, 0.1) is 0 Å². The van der Waals surface area contributed by atoms with Crippen molar-refractivity contribution in [2.24, 2.45) is 0 Å². The highest BCUT2D eigenvalue weighted by Gasteiger charge is 2.20. The molecule has 0 fully saturated rings. The van der Waals surface area contributed by atoms with Crippen molar-refractivity contribution in [1.82, 2.24) is 19.7 Å². The summed E-state index contributed by atoms with van der Waals surface area (Å²) >= 11 is 1.51. The van der Waals surface area contributed by atoms with Gasteiger partial charge in [-0.1, -0.05) is 30.3 Å². The molecule has 24 heavy (non-hydrogen) atoms. The summed E-state index contributed by atoms with van der Waals surface area (Å²) in [4.78, 5) is 22.0. The Morgan fingerprint density at radius 3 is 2.71 bits per heavy atom. The summed E-state index contributed by atoms with van der Waals surface area (Å²) in [6, 6.07) is 13.6. The average Bonchev–Trinajstić information content (AvgIpc) is 3.22. The van der Waals surface area contributed by atoms with Crippen molar-refractivity contribution < 1.29 is 4.79 Å². The van der Waals surface area contributed by atoms with E-state index in [4.69, 9.17) is 0 Å². The van der Waals surface area contributed by atoms with E-state index in [0.717, 1.165) is 21.8 Å². The minimum absolute atomic E-state index is 0.179. The van der Waals surface area contributed by atoms with Crippen LogP contribution in [0.5, 0.6) is 0 Å². The number of pyridine rings is 1. The standard InChI is InChI=1S/C18H14N4OS/c23-17(20-12-13-4-2-1-3-5-13)15-16(14-6-8-19-9-7-14)22-10-11-24-18(22)21-15/h1-11H,12H2,(H,20,23). The van der Waals surface area contributed by atoms with Crippen molar-refractivity contribution in [3.8, 4) is 11.3 Å². The summed E-state index contributed by atoms with van der Waals surface area (Å²) in [7, 11) is 0. The second-order valence-corrected chi connectivity index (χ2v) is 6.14. The molecular weight excluding hydrogens is 320 g/mol. The minimum atomic E-state index is -0.179. The Morgan fingerprint density at radius 1 is 1.12 bits per heavy atom. The Hall–Kier alpha value is -2.99. The van der Waals surface area contributed by atoms with Crippen molar-refractivity contribution in [1.29, 1.82) is 0 Å². The molecular formula is C18H14N4OS. The van der Waals surface area contributed by atoms with Crippen LogP contribution in [-0.2, 0) is 6.54 Å². The van der Waals surface area contributed by atoms with Gasteiger partial charge in [-0.3, -0.25) is 14.2 Å². The number of carbonyl (C=O) groups is 1. The van der Waals surface area contributed by atoms with Crippen LogP contribution in [0.25, 0.3) is 16.2 Å². The fourth-order valence-corrected chi connectivity index (χ4v) is 3.31. The molecule has 118 valence electrons. The molecule has 6 heteroatoms. The number of amides is 1. The van der Waals surface area contributed by atoms with E-state index in [0.29, 0.717) is 12.2 Å². The number of thiazole rings is 1. The van der Waals surface area contributed by atoms with Crippen LogP contribution in [0.2, 0.25) is 0 Å². The summed E-state index contributed by atoms with van der Waals surface area (Å²) in [5, 5.41) is 4.91. The zero-order valence-electron chi connectivity index (χ0n) is 12.7. The van der Waals surface area contributed by atoms with E-state index in [2.05, 4.69) is 15.3 Å². The van der Waals surface area contributed by atoms with E-state index < -0.39 is 0 Å². The Morgan fingerprint density at radius 2 is 1.92 bits per heavy atom. The normalized spacial score (nSPS) is 10.8. The van der Waals surface area contributed by atoms with Crippen LogP contribution in [0.4, 0.5) is 0 Å². The van der Waals surface area contributed by atoms with E-state index in [1.54, 1.807) is 12.4 Å². The van der Waals surface area contributed by atoms with Gasteiger partial charge in [0.25, 0.3) is 5.91 Å². The third-order valence-electron chi connectivity index (χ3n) is 3.73. The third kappa shape index (κ3) is 2.68. The molecule has 3 aromatic heterocycles. The van der Waals surface area contributed by atoms with Gasteiger partial charge in [0.1, 0.15) is 0 Å². The molecule has 0 aliphatic rings. The zero-order valence-corrected chi connectivity index (χ0v) is 13.5. The topological polar surface area (TPSA) is 59.3 Å². The van der Waals surface area contributed by atoms with Gasteiger partial charge in [0.2, 0.25) is 0 Å². The highest BCUT2D eigenvalue weighted by molar-refractivity contribution is 7.15. The Balaban J connectivity index is 1.68. The van der Waals surface area contributed by atoms with Gasteiger partial charge in [0.05, 0.1) is 5.69 Å². The molecule has 0 bridgehead atoms. The van der Waals surface area contributed by atoms with Crippen molar-refractivity contribution in [2.45, 2.75) is 6.54 Å². The first kappa shape index (κ1) is 14.6. The number of fused-ring (bicyclic) bond motifs is 1. The highest BCUT2D eigenvalue weighted by atomic mass is 32.1. The summed E-state index contributed by atoms with van der Waals surface area (Å²) < 4.78 is 1.94.